The first-order valence-corrected chi connectivity index (χ1v) is 1.46. The van der Waals surface area contributed by atoms with Gasteiger partial charge in [-0.2, -0.15) is 0 Å². The van der Waals surface area contributed by atoms with E-state index in [1.807, 2.05) is 0 Å². The van der Waals surface area contributed by atoms with E-state index in [1.54, 1.807) is 7.98 Å². The van der Waals surface area contributed by atoms with E-state index in [0.29, 0.717) is 0 Å². The third kappa shape index (κ3) is 4.01. The van der Waals surface area contributed by atoms with E-state index >= 15 is 0 Å². The number of rotatable bonds is 1. The van der Waals surface area contributed by atoms with E-state index in [2.05, 4.69) is 5.14 Å². The van der Waals surface area contributed by atoms with Gasteiger partial charge in [0.2, 0.25) is 0 Å². The second-order valence-corrected chi connectivity index (χ2v) is 0.814. The number of nitrogens with two attached hydrogens (primary N) is 2. The molecular weight excluding hydrogens is 63.6 g/mol. The molecular formula is H7B2N3. The average Bonchev–Trinajstić information content (AvgIpc) is 1.38. The number of hydrogen-bond acceptors (Lipinski definition) is 3. The summed E-state index contributed by atoms with van der Waals surface area (Å²) in [5.41, 5.74) is 9.92. The molecule has 0 rings (SSSR count). The van der Waals surface area contributed by atoms with Gasteiger partial charge >= 0.3 is 7.12 Å². The molecule has 0 amide bonds. The van der Waals surface area contributed by atoms with Gasteiger partial charge in [0.15, 0.2) is 7.98 Å². The first kappa shape index (κ1) is 5.01. The zero-order valence-corrected chi connectivity index (χ0v) is 3.23. The van der Waals surface area contributed by atoms with Crippen molar-refractivity contribution in [1.29, 1.82) is 0 Å². The molecule has 5 heteroatoms. The fourth-order valence-corrected chi connectivity index (χ4v) is 0. The van der Waals surface area contributed by atoms with Crippen LogP contribution in [0.15, 0.2) is 0 Å². The third-order valence-corrected chi connectivity index (χ3v) is 0.333. The molecule has 0 saturated carbocycles. The summed E-state index contributed by atoms with van der Waals surface area (Å²) in [7, 11) is 1.33. The molecule has 0 bridgehead atoms. The summed E-state index contributed by atoms with van der Waals surface area (Å²) >= 11 is 0. The number of hydrogen-bond donors (Lipinski definition) is 3. The van der Waals surface area contributed by atoms with Crippen molar-refractivity contribution in [2.45, 2.75) is 0 Å². The van der Waals surface area contributed by atoms with Crippen molar-refractivity contribution in [3.63, 3.8) is 0 Å². The van der Waals surface area contributed by atoms with Gasteiger partial charge in [-0.3, -0.25) is 0 Å². The van der Waals surface area contributed by atoms with E-state index in [-0.39, 0.29) is 7.12 Å². The summed E-state index contributed by atoms with van der Waals surface area (Å²) < 4.78 is 0. The number of nitrogens with one attached hydrogen (secondary N) is 1. The van der Waals surface area contributed by atoms with Crippen molar-refractivity contribution in [3.05, 3.63) is 0 Å². The van der Waals surface area contributed by atoms with Gasteiger partial charge in [-0.15, -0.1) is 0 Å². The second-order valence-electron chi connectivity index (χ2n) is 0.814. The van der Waals surface area contributed by atoms with Gasteiger partial charge in [-0.1, -0.05) is 0 Å². The van der Waals surface area contributed by atoms with Crippen LogP contribution in [0.4, 0.5) is 0 Å². The molecule has 0 aromatic heterocycles. The smallest absolute Gasteiger partial charge is 0.376 e. The second kappa shape index (κ2) is 2.26. The quantitative estimate of drug-likeness (QED) is 0.289. The Morgan fingerprint density at radius 3 is 1.80 bits per heavy atom. The Morgan fingerprint density at radius 2 is 1.80 bits per heavy atom. The summed E-state index contributed by atoms with van der Waals surface area (Å²) in [5, 5.41) is 2.58. The largest absolute Gasteiger partial charge is 0.377 e. The summed E-state index contributed by atoms with van der Waals surface area (Å²) in [6, 6.07) is 0. The van der Waals surface area contributed by atoms with E-state index in [4.69, 9.17) is 11.3 Å². The first-order chi connectivity index (χ1) is 2.27. The Kier molecular flexibility index (Phi) is 2.26. The van der Waals surface area contributed by atoms with Crippen molar-refractivity contribution in [1.82, 2.24) is 5.14 Å². The minimum absolute atomic E-state index is 0.366. The molecule has 5 N–H and O–H groups in total. The van der Waals surface area contributed by atoms with Crippen LogP contribution in [0.25, 0.3) is 0 Å². The molecule has 5 heavy (non-hydrogen) atoms. The fraction of sp³-hybridized carbons (Fsp3) is 0. The lowest BCUT2D eigenvalue weighted by molar-refractivity contribution is 1.43. The molecule has 3 nitrogen and oxygen atoms in total. The molecule has 0 aliphatic rings. The Bertz CT molecular complexity index is 18.9. The summed E-state index contributed by atoms with van der Waals surface area (Å²) in [6.07, 6.45) is 0. The fourth-order valence-electron chi connectivity index (χ4n) is 0. The minimum Gasteiger partial charge on any atom is -0.376 e. The highest BCUT2D eigenvalue weighted by Gasteiger charge is 1.88. The van der Waals surface area contributed by atoms with Crippen LogP contribution in [0.1, 0.15) is 0 Å². The molecule has 0 radical (unpaired) electrons. The van der Waals surface area contributed by atoms with Crippen LogP contribution in [-0.4, -0.2) is 15.1 Å². The Labute approximate surface area is 32.7 Å². The van der Waals surface area contributed by atoms with Crippen LogP contribution < -0.4 is 16.4 Å². The lowest BCUT2D eigenvalue weighted by atomic mass is 9.97. The molecule has 0 fully saturated rings. The maximum Gasteiger partial charge on any atom is 0.377 e. The van der Waals surface area contributed by atoms with E-state index in [0.717, 1.165) is 0 Å². The molecule has 0 aromatic carbocycles. The normalized spacial score (nSPS) is 7.60. The monoisotopic (exact) mass is 71.1 g/mol. The molecule has 0 saturated heterocycles. The van der Waals surface area contributed by atoms with E-state index in [9.17, 15) is 0 Å². The molecule has 0 aliphatic carbocycles. The zero-order chi connectivity index (χ0) is 4.28. The topological polar surface area (TPSA) is 64.1 Å². The lowest BCUT2D eigenvalue weighted by Crippen LogP contribution is -2.50. The molecule has 0 aromatic rings. The van der Waals surface area contributed by atoms with Crippen LogP contribution in [0, 0.1) is 0 Å². The van der Waals surface area contributed by atoms with Gasteiger partial charge in [-0.05, 0) is 0 Å². The Morgan fingerprint density at radius 1 is 1.60 bits per heavy atom. The molecule has 0 aliphatic heterocycles. The van der Waals surface area contributed by atoms with Gasteiger partial charge in [-0.25, -0.2) is 0 Å². The highest BCUT2D eigenvalue weighted by molar-refractivity contribution is 6.54. The van der Waals surface area contributed by atoms with Crippen molar-refractivity contribution in [2.24, 2.45) is 11.3 Å². The molecule has 28 valence electrons. The zero-order valence-electron chi connectivity index (χ0n) is 3.23. The summed E-state index contributed by atoms with van der Waals surface area (Å²) in [6.45, 7) is 0. The molecule has 0 heterocycles. The van der Waals surface area contributed by atoms with Gasteiger partial charge < -0.3 is 16.4 Å². The maximum atomic E-state index is 4.96. The standard InChI is InChI=1S/B2H7N3/c1-5-2(3)4/h5H,1,3-4H2. The summed E-state index contributed by atoms with van der Waals surface area (Å²) in [4.78, 5) is 0. The van der Waals surface area contributed by atoms with Crippen molar-refractivity contribution in [2.75, 3.05) is 0 Å². The Hall–Kier alpha value is 0.00987. The maximum absolute atomic E-state index is 4.96. The summed E-state index contributed by atoms with van der Waals surface area (Å²) in [5.74, 6) is 0. The molecule has 0 unspecified atom stereocenters. The highest BCUT2D eigenvalue weighted by atomic mass is 14.9. The van der Waals surface area contributed by atoms with Gasteiger partial charge in [0.05, 0.1) is 0 Å². The highest BCUT2D eigenvalue weighted by Crippen LogP contribution is 1.25. The van der Waals surface area contributed by atoms with Gasteiger partial charge in [0.1, 0.15) is 0 Å². The van der Waals surface area contributed by atoms with E-state index in [1.165, 1.54) is 0 Å². The van der Waals surface area contributed by atoms with Gasteiger partial charge in [0.25, 0.3) is 0 Å². The van der Waals surface area contributed by atoms with E-state index < -0.39 is 0 Å². The average molecular weight is 70.7 g/mol. The molecule has 0 spiro atoms. The van der Waals surface area contributed by atoms with Crippen LogP contribution in [0.3, 0.4) is 0 Å². The van der Waals surface area contributed by atoms with Crippen molar-refractivity contribution >= 4 is 15.1 Å². The van der Waals surface area contributed by atoms with Crippen molar-refractivity contribution < 1.29 is 0 Å². The Balaban J connectivity index is 2.54. The SMILES string of the molecule is BNB(N)N. The third-order valence-electron chi connectivity index (χ3n) is 0.333. The van der Waals surface area contributed by atoms with Crippen LogP contribution >= 0.6 is 0 Å². The lowest BCUT2D eigenvalue weighted by Gasteiger charge is -1.89. The van der Waals surface area contributed by atoms with Crippen molar-refractivity contribution in [3.8, 4) is 0 Å². The first-order valence-electron chi connectivity index (χ1n) is 1.46. The molecule has 0 atom stereocenters. The van der Waals surface area contributed by atoms with Crippen LogP contribution in [0.5, 0.6) is 0 Å². The van der Waals surface area contributed by atoms with Crippen LogP contribution in [0.2, 0.25) is 0 Å². The predicted molar refractivity (Wildman–Crippen MR) is 25.8 cm³/mol. The predicted octanol–water partition coefficient (Wildman–Crippen LogP) is -2.97. The van der Waals surface area contributed by atoms with Gasteiger partial charge in [0, 0.05) is 0 Å². The minimum atomic E-state index is -0.366. The van der Waals surface area contributed by atoms with Crippen LogP contribution in [-0.2, 0) is 0 Å².